The summed E-state index contributed by atoms with van der Waals surface area (Å²) in [6.45, 7) is 3.72. The molecule has 1 N–H and O–H groups in total. The maximum Gasteiger partial charge on any atom is 0.173 e. The van der Waals surface area contributed by atoms with E-state index in [1.54, 1.807) is 24.3 Å². The Labute approximate surface area is 125 Å². The second kappa shape index (κ2) is 5.87. The summed E-state index contributed by atoms with van der Waals surface area (Å²) in [4.78, 5) is 12.5. The molecule has 0 unspecified atom stereocenters. The molecule has 4 nitrogen and oxygen atoms in total. The third kappa shape index (κ3) is 3.43. The fraction of sp³-hybridized carbons (Fsp3) is 0.529. The summed E-state index contributed by atoms with van der Waals surface area (Å²) in [6, 6.07) is 8.69. The number of ketones is 1. The fourth-order valence-electron chi connectivity index (χ4n) is 2.81. The minimum atomic E-state index is -1.42. The summed E-state index contributed by atoms with van der Waals surface area (Å²) in [5, 5.41) is 19.4. The minimum Gasteiger partial charge on any atom is -0.490 e. The SMILES string of the molecule is CC1(C)CCCC[C@](O)(COc2ccc(C#N)cc2)C1=O. The molecule has 2 rings (SSSR count). The Hall–Kier alpha value is -1.86. The average molecular weight is 287 g/mol. The van der Waals surface area contributed by atoms with Gasteiger partial charge in [0.1, 0.15) is 12.4 Å². The first-order valence-electron chi connectivity index (χ1n) is 7.28. The van der Waals surface area contributed by atoms with Crippen LogP contribution in [-0.4, -0.2) is 23.1 Å². The molecule has 0 radical (unpaired) electrons. The van der Waals surface area contributed by atoms with E-state index >= 15 is 0 Å². The number of Topliss-reactive ketones (excluding diaryl/α,β-unsaturated/α-hetero) is 1. The van der Waals surface area contributed by atoms with E-state index in [0.29, 0.717) is 17.7 Å². The Morgan fingerprint density at radius 3 is 2.48 bits per heavy atom. The molecule has 0 spiro atoms. The van der Waals surface area contributed by atoms with Crippen molar-refractivity contribution < 1.29 is 14.6 Å². The Morgan fingerprint density at radius 1 is 1.24 bits per heavy atom. The number of rotatable bonds is 3. The van der Waals surface area contributed by atoms with Crippen molar-refractivity contribution in [2.45, 2.75) is 45.1 Å². The zero-order chi connectivity index (χ0) is 15.5. The van der Waals surface area contributed by atoms with Crippen molar-refractivity contribution in [3.05, 3.63) is 29.8 Å². The predicted octanol–water partition coefficient (Wildman–Crippen LogP) is 2.84. The second-order valence-corrected chi connectivity index (χ2v) is 6.38. The molecule has 1 fully saturated rings. The van der Waals surface area contributed by atoms with Gasteiger partial charge in [-0.2, -0.15) is 5.26 Å². The molecule has 0 aliphatic heterocycles. The van der Waals surface area contributed by atoms with E-state index < -0.39 is 11.0 Å². The second-order valence-electron chi connectivity index (χ2n) is 6.38. The highest BCUT2D eigenvalue weighted by Crippen LogP contribution is 2.36. The molecule has 0 aromatic heterocycles. The molecule has 0 amide bonds. The molecule has 0 heterocycles. The van der Waals surface area contributed by atoms with Crippen molar-refractivity contribution in [3.8, 4) is 11.8 Å². The fourth-order valence-corrected chi connectivity index (χ4v) is 2.81. The summed E-state index contributed by atoms with van der Waals surface area (Å²) in [5.74, 6) is 0.415. The highest BCUT2D eigenvalue weighted by Gasteiger charge is 2.46. The van der Waals surface area contributed by atoms with Gasteiger partial charge >= 0.3 is 0 Å². The monoisotopic (exact) mass is 287 g/mol. The number of aliphatic hydroxyl groups is 1. The van der Waals surface area contributed by atoms with Crippen LogP contribution in [0.4, 0.5) is 0 Å². The smallest absolute Gasteiger partial charge is 0.173 e. The van der Waals surface area contributed by atoms with Gasteiger partial charge in [0, 0.05) is 5.41 Å². The van der Waals surface area contributed by atoms with Gasteiger partial charge in [-0.1, -0.05) is 20.3 Å². The van der Waals surface area contributed by atoms with Crippen LogP contribution in [0.1, 0.15) is 45.1 Å². The standard InChI is InChI=1S/C17H21NO3/c1-16(2)9-3-4-10-17(20,15(16)19)12-21-14-7-5-13(11-18)6-8-14/h5-8,20H,3-4,9-10,12H2,1-2H3/t17-/m0/s1. The first-order valence-corrected chi connectivity index (χ1v) is 7.28. The molecule has 1 aliphatic rings. The Bertz CT molecular complexity index is 556. The van der Waals surface area contributed by atoms with Crippen molar-refractivity contribution in [2.75, 3.05) is 6.61 Å². The van der Waals surface area contributed by atoms with Gasteiger partial charge in [-0.3, -0.25) is 4.79 Å². The maximum absolute atomic E-state index is 12.5. The first kappa shape index (κ1) is 15.5. The molecular weight excluding hydrogens is 266 g/mol. The zero-order valence-electron chi connectivity index (χ0n) is 12.6. The molecule has 1 aliphatic carbocycles. The van der Waals surface area contributed by atoms with Crippen LogP contribution in [0.3, 0.4) is 0 Å². The molecule has 1 aromatic carbocycles. The van der Waals surface area contributed by atoms with E-state index in [4.69, 9.17) is 10.00 Å². The van der Waals surface area contributed by atoms with Crippen molar-refractivity contribution in [1.29, 1.82) is 5.26 Å². The van der Waals surface area contributed by atoms with Crippen LogP contribution >= 0.6 is 0 Å². The van der Waals surface area contributed by atoms with Crippen LogP contribution in [0.25, 0.3) is 0 Å². The van der Waals surface area contributed by atoms with Crippen LogP contribution in [0.15, 0.2) is 24.3 Å². The molecule has 112 valence electrons. The van der Waals surface area contributed by atoms with E-state index in [9.17, 15) is 9.90 Å². The number of benzene rings is 1. The number of hydrogen-bond donors (Lipinski definition) is 1. The van der Waals surface area contributed by atoms with Gasteiger partial charge in [-0.05, 0) is 43.5 Å². The number of nitrogens with zero attached hydrogens (tertiary/aromatic N) is 1. The summed E-state index contributed by atoms with van der Waals surface area (Å²) in [7, 11) is 0. The summed E-state index contributed by atoms with van der Waals surface area (Å²) < 4.78 is 5.59. The summed E-state index contributed by atoms with van der Waals surface area (Å²) in [6.07, 6.45) is 3.00. The van der Waals surface area contributed by atoms with Gasteiger partial charge < -0.3 is 9.84 Å². The van der Waals surface area contributed by atoms with E-state index in [1.807, 2.05) is 19.9 Å². The van der Waals surface area contributed by atoms with Crippen molar-refractivity contribution >= 4 is 5.78 Å². The molecule has 1 saturated carbocycles. The van der Waals surface area contributed by atoms with Crippen molar-refractivity contribution in [2.24, 2.45) is 5.41 Å². The Balaban J connectivity index is 2.09. The van der Waals surface area contributed by atoms with Crippen LogP contribution in [0, 0.1) is 16.7 Å². The molecule has 0 bridgehead atoms. The van der Waals surface area contributed by atoms with E-state index in [0.717, 1.165) is 19.3 Å². The Morgan fingerprint density at radius 2 is 1.86 bits per heavy atom. The van der Waals surface area contributed by atoms with Gasteiger partial charge in [0.15, 0.2) is 11.4 Å². The number of carbonyl (C=O) groups excluding carboxylic acids is 1. The minimum absolute atomic E-state index is 0.0405. The van der Waals surface area contributed by atoms with E-state index in [1.165, 1.54) is 0 Å². The molecule has 1 aromatic rings. The lowest BCUT2D eigenvalue weighted by atomic mass is 9.78. The maximum atomic E-state index is 12.5. The van der Waals surface area contributed by atoms with Gasteiger partial charge in [0.2, 0.25) is 0 Å². The van der Waals surface area contributed by atoms with Crippen molar-refractivity contribution in [1.82, 2.24) is 0 Å². The molecular formula is C17H21NO3. The lowest BCUT2D eigenvalue weighted by molar-refractivity contribution is -0.149. The lowest BCUT2D eigenvalue weighted by Crippen LogP contribution is -2.49. The first-order chi connectivity index (χ1) is 9.87. The van der Waals surface area contributed by atoms with Crippen LogP contribution in [-0.2, 0) is 4.79 Å². The van der Waals surface area contributed by atoms with Gasteiger partial charge in [-0.25, -0.2) is 0 Å². The summed E-state index contributed by atoms with van der Waals surface area (Å²) in [5.41, 5.74) is -1.39. The number of hydrogen-bond acceptors (Lipinski definition) is 4. The Kier molecular flexibility index (Phi) is 4.34. The zero-order valence-corrected chi connectivity index (χ0v) is 12.6. The van der Waals surface area contributed by atoms with E-state index in [-0.39, 0.29) is 12.4 Å². The molecule has 4 heteroatoms. The van der Waals surface area contributed by atoms with Gasteiger partial charge in [0.05, 0.1) is 11.6 Å². The summed E-state index contributed by atoms with van der Waals surface area (Å²) >= 11 is 0. The normalized spacial score (nSPS) is 25.0. The largest absolute Gasteiger partial charge is 0.490 e. The highest BCUT2D eigenvalue weighted by molar-refractivity contribution is 5.92. The topological polar surface area (TPSA) is 70.3 Å². The molecule has 21 heavy (non-hydrogen) atoms. The van der Waals surface area contributed by atoms with E-state index in [2.05, 4.69) is 0 Å². The van der Waals surface area contributed by atoms with Crippen LogP contribution < -0.4 is 4.74 Å². The van der Waals surface area contributed by atoms with Crippen LogP contribution in [0.5, 0.6) is 5.75 Å². The third-order valence-electron chi connectivity index (χ3n) is 4.14. The average Bonchev–Trinajstić information content (AvgIpc) is 2.58. The predicted molar refractivity (Wildman–Crippen MR) is 78.9 cm³/mol. The number of carbonyl (C=O) groups is 1. The van der Waals surface area contributed by atoms with Gasteiger partial charge in [0.25, 0.3) is 0 Å². The third-order valence-corrected chi connectivity index (χ3v) is 4.14. The number of ether oxygens (including phenoxy) is 1. The number of nitriles is 1. The molecule has 1 atom stereocenters. The quantitative estimate of drug-likeness (QED) is 0.868. The molecule has 0 saturated heterocycles. The highest BCUT2D eigenvalue weighted by atomic mass is 16.5. The van der Waals surface area contributed by atoms with Gasteiger partial charge in [-0.15, -0.1) is 0 Å². The lowest BCUT2D eigenvalue weighted by Gasteiger charge is -2.31. The van der Waals surface area contributed by atoms with Crippen molar-refractivity contribution in [3.63, 3.8) is 0 Å². The van der Waals surface area contributed by atoms with Crippen LogP contribution in [0.2, 0.25) is 0 Å².